The summed E-state index contributed by atoms with van der Waals surface area (Å²) in [5.74, 6) is 1.51. The van der Waals surface area contributed by atoms with Crippen LogP contribution in [0.3, 0.4) is 0 Å². The van der Waals surface area contributed by atoms with Gasteiger partial charge in [0.2, 0.25) is 0 Å². The van der Waals surface area contributed by atoms with E-state index in [1.54, 1.807) is 12.4 Å². The van der Waals surface area contributed by atoms with Gasteiger partial charge in [0.05, 0.1) is 145 Å². The highest BCUT2D eigenvalue weighted by Crippen LogP contribution is 2.16. The van der Waals surface area contributed by atoms with Crippen molar-refractivity contribution in [3.05, 3.63) is 12.4 Å². The van der Waals surface area contributed by atoms with Crippen molar-refractivity contribution in [2.75, 3.05) is 168 Å². The molecule has 14 heteroatoms. The second kappa shape index (κ2) is 24.7. The normalized spacial score (nSPS) is 22.8. The average Bonchev–Trinajstić information content (AvgIpc) is 3.01. The van der Waals surface area contributed by atoms with Gasteiger partial charge in [0.1, 0.15) is 11.6 Å². The minimum atomic E-state index is 0.511. The average molecular weight is 603 g/mol. The van der Waals surface area contributed by atoms with E-state index in [1.165, 1.54) is 0 Å². The lowest BCUT2D eigenvalue weighted by molar-refractivity contribution is -0.0117. The van der Waals surface area contributed by atoms with E-state index >= 15 is 0 Å². The van der Waals surface area contributed by atoms with Gasteiger partial charge in [-0.15, -0.1) is 0 Å². The number of hydrogen-bond donors (Lipinski definition) is 0. The predicted molar refractivity (Wildman–Crippen MR) is 155 cm³/mol. The van der Waals surface area contributed by atoms with Crippen LogP contribution in [0.25, 0.3) is 0 Å². The number of hydrogen-bond acceptors (Lipinski definition) is 14. The van der Waals surface area contributed by atoms with Crippen LogP contribution in [0.1, 0.15) is 0 Å². The molecule has 1 aromatic heterocycles. The van der Waals surface area contributed by atoms with E-state index in [0.717, 1.165) is 11.6 Å². The summed E-state index contributed by atoms with van der Waals surface area (Å²) < 4.78 is 56.5. The van der Waals surface area contributed by atoms with E-state index in [0.29, 0.717) is 158 Å². The van der Waals surface area contributed by atoms with Gasteiger partial charge in [-0.25, -0.2) is 4.98 Å². The number of anilines is 2. The molecule has 0 spiro atoms. The third-order valence-corrected chi connectivity index (χ3v) is 6.26. The SMILES string of the molecule is c1ncc(N2CCOCCOCCOCCOCCOCC2)nc1N1CCOCCOCCOCCOCCOCC1. The molecule has 3 heterocycles. The summed E-state index contributed by atoms with van der Waals surface area (Å²) in [6.45, 7) is 13.0. The zero-order chi connectivity index (χ0) is 29.2. The maximum atomic E-state index is 5.82. The molecule has 0 aliphatic carbocycles. The largest absolute Gasteiger partial charge is 0.377 e. The zero-order valence-corrected chi connectivity index (χ0v) is 25.0. The Labute approximate surface area is 249 Å². The quantitative estimate of drug-likeness (QED) is 0.460. The first-order valence-corrected chi connectivity index (χ1v) is 15.0. The van der Waals surface area contributed by atoms with Gasteiger partial charge < -0.3 is 57.2 Å². The van der Waals surface area contributed by atoms with Crippen molar-refractivity contribution in [2.24, 2.45) is 0 Å². The Kier molecular flexibility index (Phi) is 20.4. The number of rotatable bonds is 2. The molecule has 0 aromatic carbocycles. The molecule has 0 amide bonds. The lowest BCUT2D eigenvalue weighted by Gasteiger charge is -2.27. The molecule has 3 rings (SSSR count). The molecule has 0 atom stereocenters. The molecule has 0 radical (unpaired) electrons. The summed E-state index contributed by atoms with van der Waals surface area (Å²) in [5.41, 5.74) is 0. The first kappa shape index (κ1) is 34.8. The molecule has 0 unspecified atom stereocenters. The van der Waals surface area contributed by atoms with Crippen LogP contribution in [0.2, 0.25) is 0 Å². The number of ether oxygens (including phenoxy) is 10. The maximum Gasteiger partial charge on any atom is 0.149 e. The molecule has 2 fully saturated rings. The molecule has 14 nitrogen and oxygen atoms in total. The fraction of sp³-hybridized carbons (Fsp3) is 0.857. The Bertz CT molecular complexity index is 676. The van der Waals surface area contributed by atoms with Crippen molar-refractivity contribution in [2.45, 2.75) is 0 Å². The molecule has 2 aliphatic rings. The fourth-order valence-electron chi connectivity index (χ4n) is 3.99. The van der Waals surface area contributed by atoms with Crippen molar-refractivity contribution >= 4 is 11.6 Å². The molecular formula is C28H50N4O10. The molecular weight excluding hydrogens is 552 g/mol. The Hall–Kier alpha value is -1.72. The zero-order valence-electron chi connectivity index (χ0n) is 25.0. The number of aromatic nitrogens is 2. The van der Waals surface area contributed by atoms with Crippen molar-refractivity contribution in [1.29, 1.82) is 0 Å². The number of nitrogens with zero attached hydrogens (tertiary/aromatic N) is 4. The summed E-state index contributed by atoms with van der Waals surface area (Å²) in [5, 5.41) is 0. The second-order valence-electron chi connectivity index (χ2n) is 9.33. The highest BCUT2D eigenvalue weighted by molar-refractivity contribution is 5.45. The second-order valence-corrected chi connectivity index (χ2v) is 9.33. The highest BCUT2D eigenvalue weighted by Gasteiger charge is 2.14. The lowest BCUT2D eigenvalue weighted by atomic mass is 10.4. The van der Waals surface area contributed by atoms with Crippen molar-refractivity contribution in [3.8, 4) is 0 Å². The van der Waals surface area contributed by atoms with Crippen molar-refractivity contribution in [1.82, 2.24) is 9.97 Å². The summed E-state index contributed by atoms with van der Waals surface area (Å²) in [6, 6.07) is 0. The molecule has 2 saturated heterocycles. The summed E-state index contributed by atoms with van der Waals surface area (Å²) >= 11 is 0. The minimum Gasteiger partial charge on any atom is -0.377 e. The van der Waals surface area contributed by atoms with Crippen LogP contribution in [0.5, 0.6) is 0 Å². The summed E-state index contributed by atoms with van der Waals surface area (Å²) in [7, 11) is 0. The minimum absolute atomic E-state index is 0.511. The molecule has 0 bridgehead atoms. The van der Waals surface area contributed by atoms with Gasteiger partial charge in [0, 0.05) is 26.2 Å². The molecule has 0 N–H and O–H groups in total. The molecule has 2 aliphatic heterocycles. The highest BCUT2D eigenvalue weighted by atomic mass is 16.6. The van der Waals surface area contributed by atoms with Crippen LogP contribution in [0.15, 0.2) is 12.4 Å². The molecule has 1 aromatic rings. The van der Waals surface area contributed by atoms with E-state index in [1.807, 2.05) is 0 Å². The third kappa shape index (κ3) is 16.8. The van der Waals surface area contributed by atoms with Gasteiger partial charge in [-0.05, 0) is 0 Å². The smallest absolute Gasteiger partial charge is 0.149 e. The van der Waals surface area contributed by atoms with Crippen LogP contribution in [0, 0.1) is 0 Å². The fourth-order valence-corrected chi connectivity index (χ4v) is 3.99. The van der Waals surface area contributed by atoms with Crippen LogP contribution < -0.4 is 9.80 Å². The van der Waals surface area contributed by atoms with E-state index in [9.17, 15) is 0 Å². The van der Waals surface area contributed by atoms with Gasteiger partial charge in [-0.2, -0.15) is 0 Å². The maximum absolute atomic E-state index is 5.82. The van der Waals surface area contributed by atoms with Gasteiger partial charge in [-0.3, -0.25) is 4.98 Å². The third-order valence-electron chi connectivity index (χ3n) is 6.26. The van der Waals surface area contributed by atoms with Crippen molar-refractivity contribution in [3.63, 3.8) is 0 Å². The first-order chi connectivity index (χ1) is 20.9. The standard InChI is InChI=1S/C28H50N4O10/c1-5-33-9-13-37-17-21-41-22-18-38-14-10-34-6-2-31(1)27-25-29-26-28(30-27)32-3-7-35-11-15-39-19-23-42-24-20-40-16-12-36-8-4-32/h25-26H,1-24H2. The Balaban J connectivity index is 1.57. The predicted octanol–water partition coefficient (Wildman–Crippen LogP) is 0.283. The molecule has 242 valence electrons. The van der Waals surface area contributed by atoms with E-state index in [4.69, 9.17) is 52.4 Å². The Morgan fingerprint density at radius 2 is 0.548 bits per heavy atom. The van der Waals surface area contributed by atoms with Gasteiger partial charge in [-0.1, -0.05) is 0 Å². The van der Waals surface area contributed by atoms with E-state index < -0.39 is 0 Å². The van der Waals surface area contributed by atoms with Gasteiger partial charge in [0.15, 0.2) is 0 Å². The van der Waals surface area contributed by atoms with Crippen LogP contribution >= 0.6 is 0 Å². The van der Waals surface area contributed by atoms with Crippen LogP contribution in [-0.4, -0.2) is 168 Å². The van der Waals surface area contributed by atoms with Crippen LogP contribution in [-0.2, 0) is 47.4 Å². The topological polar surface area (TPSA) is 125 Å². The monoisotopic (exact) mass is 602 g/mol. The first-order valence-electron chi connectivity index (χ1n) is 15.0. The van der Waals surface area contributed by atoms with E-state index in [-0.39, 0.29) is 0 Å². The Morgan fingerprint density at radius 3 is 0.786 bits per heavy atom. The van der Waals surface area contributed by atoms with E-state index in [2.05, 4.69) is 14.8 Å². The lowest BCUT2D eigenvalue weighted by Crippen LogP contribution is -2.35. The van der Waals surface area contributed by atoms with Gasteiger partial charge in [0.25, 0.3) is 0 Å². The molecule has 0 saturated carbocycles. The summed E-state index contributed by atoms with van der Waals surface area (Å²) in [6.07, 6.45) is 3.55. The summed E-state index contributed by atoms with van der Waals surface area (Å²) in [4.78, 5) is 13.7. The van der Waals surface area contributed by atoms with Crippen LogP contribution in [0.4, 0.5) is 11.6 Å². The van der Waals surface area contributed by atoms with Gasteiger partial charge >= 0.3 is 0 Å². The Morgan fingerprint density at radius 1 is 0.333 bits per heavy atom. The van der Waals surface area contributed by atoms with Crippen molar-refractivity contribution < 1.29 is 47.4 Å². The molecule has 42 heavy (non-hydrogen) atoms.